The predicted molar refractivity (Wildman–Crippen MR) is 20.0 cm³/mol. The second-order valence-electron chi connectivity index (χ2n) is 1.23. The van der Waals surface area contributed by atoms with Crippen molar-refractivity contribution in [3.63, 3.8) is 0 Å². The van der Waals surface area contributed by atoms with Crippen LogP contribution in [0.25, 0.3) is 0 Å². The van der Waals surface area contributed by atoms with Gasteiger partial charge in [0.15, 0.2) is 6.54 Å². The Morgan fingerprint density at radius 3 is 3.00 bits per heavy atom. The molecule has 0 aromatic carbocycles. The van der Waals surface area contributed by atoms with E-state index in [-0.39, 0.29) is 0 Å². The highest BCUT2D eigenvalue weighted by Gasteiger charge is 2.16. The SMILES string of the molecule is [C]1c2nccn21. The highest BCUT2D eigenvalue weighted by atomic mass is 15.2. The zero-order valence-electron chi connectivity index (χ0n) is 3.05. The minimum absolute atomic E-state index is 0.968. The number of imidazole rings is 1. The van der Waals surface area contributed by atoms with Crippen LogP contribution < -0.4 is 0 Å². The summed E-state index contributed by atoms with van der Waals surface area (Å²) in [6.45, 7) is 2.86. The summed E-state index contributed by atoms with van der Waals surface area (Å²) in [6.07, 6.45) is 3.63. The number of hydrogen-bond acceptors (Lipinski definition) is 1. The zero-order valence-corrected chi connectivity index (χ0v) is 3.05. The summed E-state index contributed by atoms with van der Waals surface area (Å²) in [6, 6.07) is 0. The van der Waals surface area contributed by atoms with Crippen molar-refractivity contribution < 1.29 is 0 Å². The number of hydrogen-bond donors (Lipinski definition) is 0. The highest BCUT2D eigenvalue weighted by molar-refractivity contribution is 5.22. The summed E-state index contributed by atoms with van der Waals surface area (Å²) >= 11 is 0. The van der Waals surface area contributed by atoms with Gasteiger partial charge < -0.3 is 4.57 Å². The molecule has 0 atom stereocenters. The third kappa shape index (κ3) is 0.125. The summed E-state index contributed by atoms with van der Waals surface area (Å²) in [5.74, 6) is 0.968. The Morgan fingerprint density at radius 1 is 1.83 bits per heavy atom. The summed E-state index contributed by atoms with van der Waals surface area (Å²) in [5.41, 5.74) is 0. The second-order valence-corrected chi connectivity index (χ2v) is 1.23. The first kappa shape index (κ1) is 2.39. The van der Waals surface area contributed by atoms with Gasteiger partial charge in [-0.25, -0.2) is 4.98 Å². The molecule has 0 saturated carbocycles. The van der Waals surface area contributed by atoms with Crippen molar-refractivity contribution >= 4 is 0 Å². The van der Waals surface area contributed by atoms with Crippen LogP contribution >= 0.6 is 0 Å². The Kier molecular flexibility index (Phi) is 0.204. The predicted octanol–water partition coefficient (Wildman–Crippen LogP) is 0.132. The maximum absolute atomic E-state index is 3.86. The Hall–Kier alpha value is -0.790. The van der Waals surface area contributed by atoms with Gasteiger partial charge in [0.1, 0.15) is 5.82 Å². The molecule has 1 aromatic heterocycles. The highest BCUT2D eigenvalue weighted by Crippen LogP contribution is 2.14. The zero-order chi connectivity index (χ0) is 3.98. The Balaban J connectivity index is 2.88. The molecular weight excluding hydrogens is 76.1 g/mol. The van der Waals surface area contributed by atoms with Crippen LogP contribution in [0.4, 0.5) is 0 Å². The van der Waals surface area contributed by atoms with Crippen LogP contribution in [-0.4, -0.2) is 9.55 Å². The molecule has 1 aromatic rings. The fraction of sp³-hybridized carbons (Fsp3) is 0. The molecule has 2 rings (SSSR count). The van der Waals surface area contributed by atoms with Gasteiger partial charge in [0.05, 0.1) is 0 Å². The third-order valence-corrected chi connectivity index (χ3v) is 0.811. The second kappa shape index (κ2) is 0.511. The minimum Gasteiger partial charge on any atom is -0.314 e. The molecule has 6 heavy (non-hydrogen) atoms. The number of rotatable bonds is 0. The Morgan fingerprint density at radius 2 is 2.83 bits per heavy atom. The quantitative estimate of drug-likeness (QED) is 0.438. The van der Waals surface area contributed by atoms with Gasteiger partial charge in [-0.05, 0) is 0 Å². The van der Waals surface area contributed by atoms with Crippen LogP contribution in [0.3, 0.4) is 0 Å². The summed E-state index contributed by atoms with van der Waals surface area (Å²) in [5, 5.41) is 0. The Bertz CT molecular complexity index is 149. The molecule has 1 aliphatic heterocycles. The molecule has 2 heteroatoms. The van der Waals surface area contributed by atoms with E-state index in [1.807, 2.05) is 10.8 Å². The third-order valence-electron chi connectivity index (χ3n) is 0.811. The topological polar surface area (TPSA) is 17.8 Å². The standard InChI is InChI=1S/C4H2N2/c1-2-6-3-4(6)5-1/h1-2H. The molecule has 2 radical (unpaired) electrons. The number of nitrogens with zero attached hydrogens (tertiary/aromatic N) is 2. The molecule has 0 aliphatic carbocycles. The van der Waals surface area contributed by atoms with Gasteiger partial charge in [0.25, 0.3) is 0 Å². The lowest BCUT2D eigenvalue weighted by Crippen LogP contribution is -1.55. The lowest BCUT2D eigenvalue weighted by atomic mass is 10.8. The van der Waals surface area contributed by atoms with Crippen LogP contribution in [0.5, 0.6) is 0 Å². The normalized spacial score (nSPS) is 14.0. The molecule has 2 nitrogen and oxygen atoms in total. The van der Waals surface area contributed by atoms with E-state index in [1.165, 1.54) is 0 Å². The molecule has 1 aliphatic rings. The average molecular weight is 78.1 g/mol. The van der Waals surface area contributed by atoms with Crippen molar-refractivity contribution in [2.45, 2.75) is 0 Å². The van der Waals surface area contributed by atoms with Crippen molar-refractivity contribution in [2.24, 2.45) is 0 Å². The molecule has 0 fully saturated rings. The maximum atomic E-state index is 3.86. The smallest absolute Gasteiger partial charge is 0.171 e. The van der Waals surface area contributed by atoms with Crippen molar-refractivity contribution in [1.82, 2.24) is 9.55 Å². The molecule has 0 N–H and O–H groups in total. The first-order chi connectivity index (χ1) is 2.97. The van der Waals surface area contributed by atoms with E-state index in [1.54, 1.807) is 6.20 Å². The molecule has 28 valence electrons. The molecule has 0 unspecified atom stereocenters. The van der Waals surface area contributed by atoms with Crippen molar-refractivity contribution in [3.05, 3.63) is 24.8 Å². The van der Waals surface area contributed by atoms with Crippen molar-refractivity contribution in [1.29, 1.82) is 0 Å². The van der Waals surface area contributed by atoms with Crippen molar-refractivity contribution in [3.8, 4) is 0 Å². The van der Waals surface area contributed by atoms with E-state index in [0.717, 1.165) is 5.82 Å². The number of aromatic nitrogens is 2. The van der Waals surface area contributed by atoms with Crippen LogP contribution in [0.1, 0.15) is 5.82 Å². The van der Waals surface area contributed by atoms with Gasteiger partial charge in [-0.15, -0.1) is 0 Å². The van der Waals surface area contributed by atoms with Crippen LogP contribution in [0.15, 0.2) is 12.4 Å². The molecule has 2 heterocycles. The minimum atomic E-state index is 0.968. The van der Waals surface area contributed by atoms with Gasteiger partial charge >= 0.3 is 0 Å². The van der Waals surface area contributed by atoms with Crippen LogP contribution in [-0.2, 0) is 0 Å². The molecular formula is C4H2N2. The molecule has 0 amide bonds. The van der Waals surface area contributed by atoms with Gasteiger partial charge in [-0.2, -0.15) is 0 Å². The van der Waals surface area contributed by atoms with Gasteiger partial charge in [-0.1, -0.05) is 0 Å². The van der Waals surface area contributed by atoms with E-state index < -0.39 is 0 Å². The summed E-state index contributed by atoms with van der Waals surface area (Å²) in [4.78, 5) is 3.86. The fourth-order valence-electron chi connectivity index (χ4n) is 0.452. The molecule has 0 spiro atoms. The van der Waals surface area contributed by atoms with Gasteiger partial charge in [0.2, 0.25) is 0 Å². The maximum Gasteiger partial charge on any atom is 0.171 e. The molecule has 0 saturated heterocycles. The van der Waals surface area contributed by atoms with E-state index in [4.69, 9.17) is 0 Å². The monoisotopic (exact) mass is 78.0 g/mol. The van der Waals surface area contributed by atoms with Crippen molar-refractivity contribution in [2.75, 3.05) is 0 Å². The van der Waals surface area contributed by atoms with E-state index in [0.29, 0.717) is 0 Å². The lowest BCUT2D eigenvalue weighted by molar-refractivity contribution is 1.26. The Labute approximate surface area is 35.4 Å². The average Bonchev–Trinajstić information content (AvgIpc) is 2.17. The molecule has 0 bridgehead atoms. The fourth-order valence-corrected chi connectivity index (χ4v) is 0.452. The first-order valence-corrected chi connectivity index (χ1v) is 1.77. The van der Waals surface area contributed by atoms with Gasteiger partial charge in [0, 0.05) is 12.4 Å². The number of fused-ring (bicyclic) bond motifs is 1. The summed E-state index contributed by atoms with van der Waals surface area (Å²) < 4.78 is 1.85. The van der Waals surface area contributed by atoms with E-state index in [9.17, 15) is 0 Å². The lowest BCUT2D eigenvalue weighted by Gasteiger charge is -1.57. The first-order valence-electron chi connectivity index (χ1n) is 1.77. The summed E-state index contributed by atoms with van der Waals surface area (Å²) in [7, 11) is 0. The van der Waals surface area contributed by atoms with Crippen LogP contribution in [0, 0.1) is 6.54 Å². The van der Waals surface area contributed by atoms with Crippen LogP contribution in [0.2, 0.25) is 0 Å². The van der Waals surface area contributed by atoms with Gasteiger partial charge in [-0.3, -0.25) is 0 Å². The van der Waals surface area contributed by atoms with E-state index >= 15 is 0 Å². The van der Waals surface area contributed by atoms with E-state index in [2.05, 4.69) is 11.5 Å². The largest absolute Gasteiger partial charge is 0.314 e.